The molecule has 4 rings (SSSR count). The van der Waals surface area contributed by atoms with Crippen LogP contribution >= 0.6 is 0 Å². The van der Waals surface area contributed by atoms with Crippen molar-refractivity contribution in [2.75, 3.05) is 5.73 Å². The van der Waals surface area contributed by atoms with Gasteiger partial charge in [-0.1, -0.05) is 60.7 Å². The quantitative estimate of drug-likeness (QED) is 0.609. The van der Waals surface area contributed by atoms with Gasteiger partial charge in [-0.05, 0) is 70.9 Å². The monoisotopic (exact) mass is 311 g/mol. The van der Waals surface area contributed by atoms with Gasteiger partial charge in [-0.25, -0.2) is 0 Å². The van der Waals surface area contributed by atoms with Crippen molar-refractivity contribution in [1.29, 1.82) is 0 Å². The van der Waals surface area contributed by atoms with E-state index in [2.05, 4.69) is 72.8 Å². The van der Waals surface area contributed by atoms with Crippen molar-refractivity contribution < 1.29 is 0 Å². The molecule has 0 unspecified atom stereocenters. The fourth-order valence-corrected chi connectivity index (χ4v) is 3.49. The second-order valence-corrected chi connectivity index (χ2v) is 6.49. The summed E-state index contributed by atoms with van der Waals surface area (Å²) in [5.74, 6) is 0. The van der Waals surface area contributed by atoms with E-state index in [9.17, 15) is 0 Å². The maximum atomic E-state index is 6.12. The standard InChI is InChI=1S/C23H21N/c1-16-10-11-17(15-23(16)24)14-22-20-8-4-2-6-18(20)12-13-19-7-3-5-9-21(19)22/h2-11,14-15H,12-13,24H2,1H3. The van der Waals surface area contributed by atoms with E-state index in [0.717, 1.165) is 29.7 Å². The van der Waals surface area contributed by atoms with Crippen LogP contribution in [0.5, 0.6) is 0 Å². The molecular formula is C23H21N. The second-order valence-electron chi connectivity index (χ2n) is 6.49. The van der Waals surface area contributed by atoms with Gasteiger partial charge in [-0.2, -0.15) is 0 Å². The molecule has 2 N–H and O–H groups in total. The molecule has 3 aromatic carbocycles. The van der Waals surface area contributed by atoms with Crippen molar-refractivity contribution in [3.05, 3.63) is 100 Å². The largest absolute Gasteiger partial charge is 0.398 e. The first kappa shape index (κ1) is 14.8. The van der Waals surface area contributed by atoms with Crippen LogP contribution in [-0.2, 0) is 12.8 Å². The summed E-state index contributed by atoms with van der Waals surface area (Å²) in [6.45, 7) is 2.04. The highest BCUT2D eigenvalue weighted by Crippen LogP contribution is 2.35. The van der Waals surface area contributed by atoms with Crippen molar-refractivity contribution in [3.63, 3.8) is 0 Å². The Labute approximate surface area is 143 Å². The van der Waals surface area contributed by atoms with Gasteiger partial charge in [0.25, 0.3) is 0 Å². The Balaban J connectivity index is 1.95. The molecule has 1 nitrogen and oxygen atoms in total. The zero-order valence-electron chi connectivity index (χ0n) is 13.9. The van der Waals surface area contributed by atoms with Crippen molar-refractivity contribution in [3.8, 4) is 0 Å². The Bertz CT molecular complexity index is 885. The van der Waals surface area contributed by atoms with Gasteiger partial charge in [0.2, 0.25) is 0 Å². The van der Waals surface area contributed by atoms with Crippen LogP contribution in [0.2, 0.25) is 0 Å². The summed E-state index contributed by atoms with van der Waals surface area (Å²) >= 11 is 0. The molecule has 0 bridgehead atoms. The summed E-state index contributed by atoms with van der Waals surface area (Å²) in [6.07, 6.45) is 4.44. The fraction of sp³-hybridized carbons (Fsp3) is 0.130. The molecule has 0 saturated heterocycles. The second kappa shape index (κ2) is 6.01. The first-order valence-corrected chi connectivity index (χ1v) is 8.47. The molecule has 0 saturated carbocycles. The lowest BCUT2D eigenvalue weighted by Crippen LogP contribution is -1.93. The number of aryl methyl sites for hydroxylation is 3. The van der Waals surface area contributed by atoms with E-state index >= 15 is 0 Å². The number of fused-ring (bicyclic) bond motifs is 2. The number of anilines is 1. The van der Waals surface area contributed by atoms with Gasteiger partial charge in [0.15, 0.2) is 0 Å². The molecule has 3 aromatic rings. The Morgan fingerprint density at radius 3 is 1.96 bits per heavy atom. The van der Waals surface area contributed by atoms with E-state index in [1.807, 2.05) is 6.92 Å². The molecular weight excluding hydrogens is 290 g/mol. The molecule has 0 spiro atoms. The van der Waals surface area contributed by atoms with E-state index in [1.165, 1.54) is 27.8 Å². The number of benzene rings is 3. The lowest BCUT2D eigenvalue weighted by Gasteiger charge is -2.12. The summed E-state index contributed by atoms with van der Waals surface area (Å²) in [4.78, 5) is 0. The number of nitrogens with two attached hydrogens (primary N) is 1. The summed E-state index contributed by atoms with van der Waals surface area (Å²) < 4.78 is 0. The normalized spacial score (nSPS) is 13.0. The van der Waals surface area contributed by atoms with Crippen LogP contribution in [0.15, 0.2) is 66.7 Å². The first-order chi connectivity index (χ1) is 11.7. The molecule has 1 aliphatic rings. The van der Waals surface area contributed by atoms with E-state index in [4.69, 9.17) is 5.73 Å². The third-order valence-corrected chi connectivity index (χ3v) is 4.89. The van der Waals surface area contributed by atoms with E-state index in [-0.39, 0.29) is 0 Å². The lowest BCUT2D eigenvalue weighted by molar-refractivity contribution is 0.965. The number of nitrogen functional groups attached to an aromatic ring is 1. The summed E-state index contributed by atoms with van der Waals surface area (Å²) in [5, 5.41) is 0. The average Bonchev–Trinajstić information content (AvgIpc) is 2.76. The summed E-state index contributed by atoms with van der Waals surface area (Å²) in [7, 11) is 0. The summed E-state index contributed by atoms with van der Waals surface area (Å²) in [5.41, 5.74) is 16.0. The van der Waals surface area contributed by atoms with Crippen LogP contribution < -0.4 is 5.73 Å². The zero-order valence-corrected chi connectivity index (χ0v) is 13.9. The predicted molar refractivity (Wildman–Crippen MR) is 103 cm³/mol. The average molecular weight is 311 g/mol. The smallest absolute Gasteiger partial charge is 0.0349 e. The van der Waals surface area contributed by atoms with Gasteiger partial charge < -0.3 is 5.73 Å². The Morgan fingerprint density at radius 1 is 0.792 bits per heavy atom. The fourth-order valence-electron chi connectivity index (χ4n) is 3.49. The van der Waals surface area contributed by atoms with E-state index in [1.54, 1.807) is 0 Å². The third kappa shape index (κ3) is 2.63. The van der Waals surface area contributed by atoms with Crippen LogP contribution in [0.4, 0.5) is 5.69 Å². The molecule has 0 amide bonds. The van der Waals surface area contributed by atoms with Crippen LogP contribution in [0, 0.1) is 6.92 Å². The minimum atomic E-state index is 0.847. The number of rotatable bonds is 1. The first-order valence-electron chi connectivity index (χ1n) is 8.47. The highest BCUT2D eigenvalue weighted by Gasteiger charge is 2.17. The Kier molecular flexibility index (Phi) is 3.70. The van der Waals surface area contributed by atoms with Gasteiger partial charge in [-0.15, -0.1) is 0 Å². The molecule has 24 heavy (non-hydrogen) atoms. The van der Waals surface area contributed by atoms with Gasteiger partial charge in [0.05, 0.1) is 0 Å². The topological polar surface area (TPSA) is 26.0 Å². The van der Waals surface area contributed by atoms with Crippen LogP contribution in [-0.4, -0.2) is 0 Å². The number of hydrogen-bond acceptors (Lipinski definition) is 1. The maximum Gasteiger partial charge on any atom is 0.0349 e. The lowest BCUT2D eigenvalue weighted by atomic mass is 9.92. The van der Waals surface area contributed by atoms with Crippen molar-refractivity contribution >= 4 is 17.3 Å². The molecule has 0 radical (unpaired) electrons. The minimum absolute atomic E-state index is 0.847. The molecule has 0 atom stereocenters. The van der Waals surface area contributed by atoms with Crippen LogP contribution in [0.25, 0.3) is 11.6 Å². The molecule has 0 heterocycles. The molecule has 1 heteroatoms. The maximum absolute atomic E-state index is 6.12. The van der Waals surface area contributed by atoms with Crippen LogP contribution in [0.3, 0.4) is 0 Å². The predicted octanol–water partition coefficient (Wildman–Crippen LogP) is 5.26. The highest BCUT2D eigenvalue weighted by molar-refractivity contribution is 5.94. The SMILES string of the molecule is Cc1ccc(C=C2c3ccccc3CCc3ccccc32)cc1N. The molecule has 0 fully saturated rings. The highest BCUT2D eigenvalue weighted by atomic mass is 14.5. The van der Waals surface area contributed by atoms with Gasteiger partial charge >= 0.3 is 0 Å². The zero-order chi connectivity index (χ0) is 16.5. The van der Waals surface area contributed by atoms with Gasteiger partial charge in [0, 0.05) is 5.69 Å². The summed E-state index contributed by atoms with van der Waals surface area (Å²) in [6, 6.07) is 23.8. The Hall–Kier alpha value is -2.80. The number of hydrogen-bond donors (Lipinski definition) is 1. The van der Waals surface area contributed by atoms with Crippen molar-refractivity contribution in [2.24, 2.45) is 0 Å². The van der Waals surface area contributed by atoms with E-state index < -0.39 is 0 Å². The van der Waals surface area contributed by atoms with Gasteiger partial charge in [-0.3, -0.25) is 0 Å². The van der Waals surface area contributed by atoms with Crippen molar-refractivity contribution in [2.45, 2.75) is 19.8 Å². The van der Waals surface area contributed by atoms with Crippen molar-refractivity contribution in [1.82, 2.24) is 0 Å². The Morgan fingerprint density at radius 2 is 1.38 bits per heavy atom. The van der Waals surface area contributed by atoms with Crippen LogP contribution in [0.1, 0.15) is 33.4 Å². The van der Waals surface area contributed by atoms with Gasteiger partial charge in [0.1, 0.15) is 0 Å². The molecule has 0 aromatic heterocycles. The minimum Gasteiger partial charge on any atom is -0.398 e. The molecule has 118 valence electrons. The third-order valence-electron chi connectivity index (χ3n) is 4.89. The molecule has 0 aliphatic heterocycles. The van der Waals surface area contributed by atoms with E-state index in [0.29, 0.717) is 0 Å². The molecule has 1 aliphatic carbocycles.